The fourth-order valence-electron chi connectivity index (χ4n) is 3.40. The van der Waals surface area contributed by atoms with E-state index < -0.39 is 22.0 Å². The molecule has 0 aromatic heterocycles. The summed E-state index contributed by atoms with van der Waals surface area (Å²) in [4.78, 5) is 13.1. The molecule has 0 spiro atoms. The first-order valence-electron chi connectivity index (χ1n) is 11.1. The Kier molecular flexibility index (Phi) is 8.72. The number of halogens is 1. The highest BCUT2D eigenvalue weighted by molar-refractivity contribution is 7.89. The van der Waals surface area contributed by atoms with Gasteiger partial charge in [0.15, 0.2) is 0 Å². The summed E-state index contributed by atoms with van der Waals surface area (Å²) in [5.74, 6) is 0.302. The van der Waals surface area contributed by atoms with Crippen LogP contribution in [-0.2, 0) is 21.2 Å². The Morgan fingerprint density at radius 1 is 1.00 bits per heavy atom. The topological polar surface area (TPSA) is 84.5 Å². The summed E-state index contributed by atoms with van der Waals surface area (Å²) >= 11 is 6.19. The fourth-order valence-corrected chi connectivity index (χ4v) is 4.92. The molecule has 3 aromatic rings. The van der Waals surface area contributed by atoms with E-state index in [-0.39, 0.29) is 16.3 Å². The zero-order chi connectivity index (χ0) is 24.7. The highest BCUT2D eigenvalue weighted by Gasteiger charge is 2.27. The smallest absolute Gasteiger partial charge is 0.242 e. The van der Waals surface area contributed by atoms with Gasteiger partial charge < -0.3 is 10.1 Å². The third-order valence-corrected chi connectivity index (χ3v) is 7.02. The maximum absolute atomic E-state index is 13.2. The minimum Gasteiger partial charge on any atom is -0.492 e. The molecule has 0 heterocycles. The van der Waals surface area contributed by atoms with Crippen molar-refractivity contribution in [1.29, 1.82) is 0 Å². The molecule has 1 amide bonds. The fraction of sp³-hybridized carbons (Fsp3) is 0.269. The predicted molar refractivity (Wildman–Crippen MR) is 136 cm³/mol. The molecule has 0 aliphatic rings. The third kappa shape index (κ3) is 6.82. The number of carbonyl (C=O) groups is 1. The van der Waals surface area contributed by atoms with Crippen LogP contribution in [0.5, 0.6) is 5.75 Å². The molecule has 6 nitrogen and oxygen atoms in total. The van der Waals surface area contributed by atoms with Crippen molar-refractivity contribution in [2.24, 2.45) is 0 Å². The molecule has 2 N–H and O–H groups in total. The molecule has 180 valence electrons. The number of nitrogens with one attached hydrogen (secondary N) is 2. The third-order valence-electron chi connectivity index (χ3n) is 5.25. The van der Waals surface area contributed by atoms with Gasteiger partial charge in [-0.2, -0.15) is 4.72 Å². The van der Waals surface area contributed by atoms with Gasteiger partial charge in [-0.3, -0.25) is 4.79 Å². The SMILES string of the molecule is CCOc1ccc(S(=O)(=O)N[C@@H](Cc2ccccc2)C(=O)Nc2ccc(C(C)C)cc2)cc1Cl. The van der Waals surface area contributed by atoms with Crippen LogP contribution < -0.4 is 14.8 Å². The first-order valence-corrected chi connectivity index (χ1v) is 12.9. The minimum atomic E-state index is -4.04. The van der Waals surface area contributed by atoms with Gasteiger partial charge in [0.1, 0.15) is 11.8 Å². The number of carbonyl (C=O) groups excluding carboxylic acids is 1. The average Bonchev–Trinajstić information content (AvgIpc) is 2.81. The molecule has 3 rings (SSSR count). The lowest BCUT2D eigenvalue weighted by atomic mass is 10.0. The van der Waals surface area contributed by atoms with Crippen LogP contribution in [0.15, 0.2) is 77.7 Å². The van der Waals surface area contributed by atoms with E-state index in [4.69, 9.17) is 16.3 Å². The molecule has 0 fully saturated rings. The summed E-state index contributed by atoms with van der Waals surface area (Å²) in [5.41, 5.74) is 2.56. The van der Waals surface area contributed by atoms with Crippen LogP contribution in [0.2, 0.25) is 5.02 Å². The number of anilines is 1. The van der Waals surface area contributed by atoms with Crippen molar-refractivity contribution in [3.05, 3.63) is 88.9 Å². The minimum absolute atomic E-state index is 0.0481. The van der Waals surface area contributed by atoms with E-state index in [0.29, 0.717) is 24.0 Å². The predicted octanol–water partition coefficient (Wildman–Crippen LogP) is 5.39. The lowest BCUT2D eigenvalue weighted by Gasteiger charge is -2.19. The highest BCUT2D eigenvalue weighted by Crippen LogP contribution is 2.27. The molecule has 0 radical (unpaired) electrons. The van der Waals surface area contributed by atoms with Crippen LogP contribution in [0.1, 0.15) is 37.8 Å². The second-order valence-corrected chi connectivity index (χ2v) is 10.3. The second kappa shape index (κ2) is 11.5. The van der Waals surface area contributed by atoms with Crippen molar-refractivity contribution >= 4 is 33.2 Å². The van der Waals surface area contributed by atoms with Gasteiger partial charge in [-0.1, -0.05) is 67.9 Å². The van der Waals surface area contributed by atoms with Crippen molar-refractivity contribution in [3.63, 3.8) is 0 Å². The van der Waals surface area contributed by atoms with Gasteiger partial charge in [-0.25, -0.2) is 8.42 Å². The molecule has 0 saturated carbocycles. The standard InChI is InChI=1S/C26H29ClN2O4S/c1-4-33-25-15-14-22(17-23(25)27)34(31,32)29-24(16-19-8-6-5-7-9-19)26(30)28-21-12-10-20(11-13-21)18(2)3/h5-15,17-18,24,29H,4,16H2,1-3H3,(H,28,30)/t24-/m0/s1. The second-order valence-electron chi connectivity index (χ2n) is 8.15. The molecule has 34 heavy (non-hydrogen) atoms. The van der Waals surface area contributed by atoms with Crippen LogP contribution >= 0.6 is 11.6 Å². The van der Waals surface area contributed by atoms with Crippen molar-refractivity contribution < 1.29 is 17.9 Å². The van der Waals surface area contributed by atoms with E-state index in [0.717, 1.165) is 11.1 Å². The molecule has 0 aliphatic heterocycles. The van der Waals surface area contributed by atoms with E-state index >= 15 is 0 Å². The molecule has 0 aliphatic carbocycles. The van der Waals surface area contributed by atoms with Crippen LogP contribution in [0, 0.1) is 0 Å². The van der Waals surface area contributed by atoms with E-state index in [2.05, 4.69) is 23.9 Å². The molecule has 3 aromatic carbocycles. The van der Waals surface area contributed by atoms with Gasteiger partial charge in [0.25, 0.3) is 0 Å². The van der Waals surface area contributed by atoms with Crippen LogP contribution in [0.4, 0.5) is 5.69 Å². The Hall–Kier alpha value is -2.87. The molecule has 8 heteroatoms. The normalized spacial score (nSPS) is 12.4. The van der Waals surface area contributed by atoms with E-state index in [9.17, 15) is 13.2 Å². The lowest BCUT2D eigenvalue weighted by molar-refractivity contribution is -0.117. The summed E-state index contributed by atoms with van der Waals surface area (Å²) in [6.45, 7) is 6.39. The quantitative estimate of drug-likeness (QED) is 0.391. The summed E-state index contributed by atoms with van der Waals surface area (Å²) in [6, 6.07) is 19.9. The Bertz CT molecular complexity index is 1210. The van der Waals surface area contributed by atoms with Gasteiger partial charge >= 0.3 is 0 Å². The summed E-state index contributed by atoms with van der Waals surface area (Å²) < 4.78 is 34.2. The molecular weight excluding hydrogens is 472 g/mol. The van der Waals surface area contributed by atoms with Gasteiger partial charge in [-0.05, 0) is 60.7 Å². The molecule has 0 saturated heterocycles. The Morgan fingerprint density at radius 3 is 2.26 bits per heavy atom. The number of amides is 1. The molecule has 0 bridgehead atoms. The van der Waals surface area contributed by atoms with Crippen molar-refractivity contribution in [2.75, 3.05) is 11.9 Å². The molecular formula is C26H29ClN2O4S. The number of ether oxygens (including phenoxy) is 1. The maximum atomic E-state index is 13.2. The Balaban J connectivity index is 1.84. The van der Waals surface area contributed by atoms with Crippen molar-refractivity contribution in [2.45, 2.75) is 44.0 Å². The first kappa shape index (κ1) is 25.7. The summed E-state index contributed by atoms with van der Waals surface area (Å²) in [5, 5.41) is 3.01. The van der Waals surface area contributed by atoms with E-state index in [1.165, 1.54) is 18.2 Å². The van der Waals surface area contributed by atoms with Crippen LogP contribution in [0.25, 0.3) is 0 Å². The lowest BCUT2D eigenvalue weighted by Crippen LogP contribution is -2.45. The summed E-state index contributed by atoms with van der Waals surface area (Å²) in [7, 11) is -4.04. The highest BCUT2D eigenvalue weighted by atomic mass is 35.5. The Labute approximate surface area is 206 Å². The number of hydrogen-bond donors (Lipinski definition) is 2. The van der Waals surface area contributed by atoms with Crippen LogP contribution in [-0.4, -0.2) is 27.0 Å². The zero-order valence-electron chi connectivity index (χ0n) is 19.4. The largest absolute Gasteiger partial charge is 0.492 e. The number of benzene rings is 3. The van der Waals surface area contributed by atoms with Crippen molar-refractivity contribution in [1.82, 2.24) is 4.72 Å². The average molecular weight is 501 g/mol. The number of sulfonamides is 1. The van der Waals surface area contributed by atoms with Gasteiger partial charge in [0.05, 0.1) is 16.5 Å². The number of rotatable bonds is 10. The van der Waals surface area contributed by atoms with Crippen LogP contribution in [0.3, 0.4) is 0 Å². The zero-order valence-corrected chi connectivity index (χ0v) is 21.0. The van der Waals surface area contributed by atoms with E-state index in [1.807, 2.05) is 61.5 Å². The first-order chi connectivity index (χ1) is 16.2. The monoisotopic (exact) mass is 500 g/mol. The number of hydrogen-bond acceptors (Lipinski definition) is 4. The van der Waals surface area contributed by atoms with E-state index in [1.54, 1.807) is 0 Å². The Morgan fingerprint density at radius 2 is 1.68 bits per heavy atom. The maximum Gasteiger partial charge on any atom is 0.242 e. The van der Waals surface area contributed by atoms with Gasteiger partial charge in [0.2, 0.25) is 15.9 Å². The van der Waals surface area contributed by atoms with Crippen molar-refractivity contribution in [3.8, 4) is 5.75 Å². The summed E-state index contributed by atoms with van der Waals surface area (Å²) in [6.07, 6.45) is 0.181. The molecule has 0 unspecified atom stereocenters. The molecule has 1 atom stereocenters. The van der Waals surface area contributed by atoms with Gasteiger partial charge in [-0.15, -0.1) is 0 Å². The van der Waals surface area contributed by atoms with Gasteiger partial charge in [0, 0.05) is 5.69 Å².